The highest BCUT2D eigenvalue weighted by molar-refractivity contribution is 6.32. The van der Waals surface area contributed by atoms with Crippen LogP contribution in [0.4, 0.5) is 0 Å². The maximum Gasteiger partial charge on any atom is 0.113 e. The van der Waals surface area contributed by atoms with Crippen molar-refractivity contribution in [1.82, 2.24) is 0 Å². The van der Waals surface area contributed by atoms with Gasteiger partial charge in [-0.1, -0.05) is 48.0 Å². The second-order valence-electron chi connectivity index (χ2n) is 6.27. The second kappa shape index (κ2) is 7.98. The molecule has 0 aliphatic heterocycles. The summed E-state index contributed by atoms with van der Waals surface area (Å²) < 4.78 is 0. The van der Waals surface area contributed by atoms with Gasteiger partial charge in [0.2, 0.25) is 0 Å². The first kappa shape index (κ1) is 18.2. The smallest absolute Gasteiger partial charge is 0.113 e. The fourth-order valence-corrected chi connectivity index (χ4v) is 2.52. The van der Waals surface area contributed by atoms with Crippen molar-refractivity contribution < 1.29 is 0 Å². The van der Waals surface area contributed by atoms with Crippen LogP contribution in [0, 0.1) is 11.3 Å². The molecule has 114 valence electrons. The van der Waals surface area contributed by atoms with E-state index in [-0.39, 0.29) is 5.92 Å². The molecule has 1 aromatic rings. The van der Waals surface area contributed by atoms with Gasteiger partial charge in [-0.3, -0.25) is 0 Å². The highest BCUT2D eigenvalue weighted by atomic mass is 14.4. The molecule has 0 heterocycles. The van der Waals surface area contributed by atoms with E-state index >= 15 is 0 Å². The maximum absolute atomic E-state index is 8.02. The van der Waals surface area contributed by atoms with Crippen LogP contribution < -0.4 is 5.46 Å². The second-order valence-corrected chi connectivity index (χ2v) is 6.27. The third-order valence-electron chi connectivity index (χ3n) is 3.91. The van der Waals surface area contributed by atoms with E-state index < -0.39 is 0 Å². The average Bonchev–Trinajstić information content (AvgIpc) is 2.42. The Morgan fingerprint density at radius 2 is 1.77 bits per heavy atom. The van der Waals surface area contributed by atoms with Crippen LogP contribution in [0.5, 0.6) is 0 Å². The van der Waals surface area contributed by atoms with Crippen molar-refractivity contribution in [3.05, 3.63) is 54.6 Å². The topological polar surface area (TPSA) is 23.9 Å². The largest absolute Gasteiger partial charge is 0.310 e. The summed E-state index contributed by atoms with van der Waals surface area (Å²) in [4.78, 5) is 0. The Kier molecular flexibility index (Phi) is 6.61. The minimum absolute atomic E-state index is 0.208. The summed E-state index contributed by atoms with van der Waals surface area (Å²) in [6, 6.07) is 5.85. The monoisotopic (exact) mass is 291 g/mol. The predicted octanol–water partition coefficient (Wildman–Crippen LogP) is 4.93. The first-order chi connectivity index (χ1) is 10.2. The van der Waals surface area contributed by atoms with E-state index in [9.17, 15) is 0 Å². The van der Waals surface area contributed by atoms with Crippen molar-refractivity contribution in [3.8, 4) is 0 Å². The Hall–Kier alpha value is -1.83. The molecule has 1 aromatic carbocycles. The molecule has 2 heteroatoms. The summed E-state index contributed by atoms with van der Waals surface area (Å²) in [5.74, 6) is 0.208. The van der Waals surface area contributed by atoms with Gasteiger partial charge in [-0.15, -0.1) is 6.58 Å². The summed E-state index contributed by atoms with van der Waals surface area (Å²) in [7, 11) is 5.88. The highest BCUT2D eigenvalue weighted by Crippen LogP contribution is 2.29. The summed E-state index contributed by atoms with van der Waals surface area (Å²) in [6.45, 7) is 18.1. The van der Waals surface area contributed by atoms with E-state index in [1.807, 2.05) is 39.0 Å². The lowest BCUT2D eigenvalue weighted by molar-refractivity contribution is 0.633. The van der Waals surface area contributed by atoms with Gasteiger partial charge in [-0.25, -0.2) is 0 Å². The quantitative estimate of drug-likeness (QED) is 0.399. The van der Waals surface area contributed by atoms with Crippen LogP contribution in [0.3, 0.4) is 0 Å². The number of hydrogen-bond donors (Lipinski definition) is 1. The summed E-state index contributed by atoms with van der Waals surface area (Å²) in [5, 5.41) is 8.02. The molecule has 2 radical (unpaired) electrons. The molecule has 0 aromatic heterocycles. The molecule has 0 bridgehead atoms. The third-order valence-corrected chi connectivity index (χ3v) is 3.91. The summed E-state index contributed by atoms with van der Waals surface area (Å²) >= 11 is 0. The molecule has 0 amide bonds. The maximum atomic E-state index is 8.02. The molecule has 0 saturated heterocycles. The molecule has 0 aliphatic carbocycles. The number of nitrogens with one attached hydrogen (secondary N) is 1. The Morgan fingerprint density at radius 3 is 2.27 bits per heavy atom. The molecule has 22 heavy (non-hydrogen) atoms. The molecule has 1 atom stereocenters. The van der Waals surface area contributed by atoms with Crippen LogP contribution >= 0.6 is 0 Å². The van der Waals surface area contributed by atoms with Crippen molar-refractivity contribution >= 4 is 30.2 Å². The van der Waals surface area contributed by atoms with Gasteiger partial charge in [-0.05, 0) is 56.7 Å². The van der Waals surface area contributed by atoms with E-state index in [4.69, 9.17) is 13.3 Å². The SMILES string of the molecule is [B]c1ccc(C(=C)CC(CCC(=C)C)C(C)=N)c(C(=C)C)c1. The van der Waals surface area contributed by atoms with E-state index in [2.05, 4.69) is 19.7 Å². The number of benzene rings is 1. The average molecular weight is 291 g/mol. The lowest BCUT2D eigenvalue weighted by Crippen LogP contribution is -2.12. The van der Waals surface area contributed by atoms with Crippen LogP contribution in [0.2, 0.25) is 0 Å². The summed E-state index contributed by atoms with van der Waals surface area (Å²) in [5.41, 5.74) is 6.75. The minimum atomic E-state index is 0.208. The van der Waals surface area contributed by atoms with Gasteiger partial charge in [0.15, 0.2) is 0 Å². The van der Waals surface area contributed by atoms with Gasteiger partial charge in [-0.2, -0.15) is 0 Å². The van der Waals surface area contributed by atoms with Gasteiger partial charge in [0.25, 0.3) is 0 Å². The van der Waals surface area contributed by atoms with E-state index in [1.165, 1.54) is 0 Å². The molecule has 1 unspecified atom stereocenters. The molecule has 0 spiro atoms. The highest BCUT2D eigenvalue weighted by Gasteiger charge is 2.15. The zero-order valence-electron chi connectivity index (χ0n) is 14.1. The molecule has 0 fully saturated rings. The van der Waals surface area contributed by atoms with Crippen molar-refractivity contribution in [2.45, 2.75) is 40.0 Å². The number of rotatable bonds is 8. The molecular formula is C20H26BN. The van der Waals surface area contributed by atoms with Crippen LogP contribution in [-0.2, 0) is 0 Å². The fraction of sp³-hybridized carbons (Fsp3) is 0.350. The lowest BCUT2D eigenvalue weighted by atomic mass is 9.83. The molecular weight excluding hydrogens is 265 g/mol. The predicted molar refractivity (Wildman–Crippen MR) is 101 cm³/mol. The van der Waals surface area contributed by atoms with E-state index in [1.54, 1.807) is 0 Å². The normalized spacial score (nSPS) is 11.8. The van der Waals surface area contributed by atoms with Gasteiger partial charge < -0.3 is 5.41 Å². The molecule has 1 nitrogen and oxygen atoms in total. The Labute approximate surface area is 136 Å². The van der Waals surface area contributed by atoms with E-state index in [0.29, 0.717) is 5.71 Å². The van der Waals surface area contributed by atoms with Crippen molar-refractivity contribution in [2.75, 3.05) is 0 Å². The van der Waals surface area contributed by atoms with E-state index in [0.717, 1.165) is 52.6 Å². The zero-order chi connectivity index (χ0) is 16.9. The Bertz CT molecular complexity index is 610. The van der Waals surface area contributed by atoms with Crippen LogP contribution in [0.15, 0.2) is 43.5 Å². The van der Waals surface area contributed by atoms with Gasteiger partial charge in [0.05, 0.1) is 0 Å². The lowest BCUT2D eigenvalue weighted by Gasteiger charge is -2.20. The van der Waals surface area contributed by atoms with Crippen molar-refractivity contribution in [1.29, 1.82) is 5.41 Å². The van der Waals surface area contributed by atoms with Crippen LogP contribution in [-0.4, -0.2) is 13.6 Å². The molecule has 0 aliphatic rings. The van der Waals surface area contributed by atoms with Crippen LogP contribution in [0.25, 0.3) is 11.1 Å². The molecule has 0 saturated carbocycles. The Morgan fingerprint density at radius 1 is 1.14 bits per heavy atom. The van der Waals surface area contributed by atoms with Gasteiger partial charge in [0, 0.05) is 11.6 Å². The van der Waals surface area contributed by atoms with Gasteiger partial charge >= 0.3 is 0 Å². The number of hydrogen-bond acceptors (Lipinski definition) is 1. The standard InChI is InChI=1S/C20H26BN/c1-13(2)7-8-17(16(6)22)11-15(5)19-10-9-18(21)12-20(19)14(3)4/h9-10,12,17,22H,1,3,5,7-8,11H2,2,4,6H3. The van der Waals surface area contributed by atoms with Gasteiger partial charge in [0.1, 0.15) is 7.85 Å². The van der Waals surface area contributed by atoms with Crippen molar-refractivity contribution in [2.24, 2.45) is 5.92 Å². The zero-order valence-corrected chi connectivity index (χ0v) is 14.1. The molecule has 1 rings (SSSR count). The fourth-order valence-electron chi connectivity index (χ4n) is 2.52. The third kappa shape index (κ3) is 5.18. The first-order valence-corrected chi connectivity index (χ1v) is 7.65. The Balaban J connectivity index is 2.97. The number of allylic oxidation sites excluding steroid dienone is 3. The minimum Gasteiger partial charge on any atom is -0.310 e. The van der Waals surface area contributed by atoms with Crippen LogP contribution in [0.1, 0.15) is 51.2 Å². The van der Waals surface area contributed by atoms with Crippen molar-refractivity contribution in [3.63, 3.8) is 0 Å². The molecule has 1 N–H and O–H groups in total. The summed E-state index contributed by atoms with van der Waals surface area (Å²) in [6.07, 6.45) is 2.68. The first-order valence-electron chi connectivity index (χ1n) is 7.65.